The number of carbonyl (C=O) groups is 1. The maximum atomic E-state index is 13.7. The molecule has 2 heterocycles. The molecule has 0 saturated carbocycles. The van der Waals surface area contributed by atoms with Gasteiger partial charge in [-0.2, -0.15) is 0 Å². The largest absolute Gasteiger partial charge is 0.467 e. The summed E-state index contributed by atoms with van der Waals surface area (Å²) in [4.78, 5) is 16.5. The molecular weight excluding hydrogens is 369 g/mol. The zero-order valence-electron chi connectivity index (χ0n) is 14.7. The van der Waals surface area contributed by atoms with E-state index in [4.69, 9.17) is 9.47 Å². The molecule has 2 N–H and O–H groups in total. The highest BCUT2D eigenvalue weighted by atomic mass is 32.1. The van der Waals surface area contributed by atoms with Crippen LogP contribution in [0.3, 0.4) is 0 Å². The van der Waals surface area contributed by atoms with Crippen molar-refractivity contribution in [2.24, 2.45) is 0 Å². The number of nitrogens with one attached hydrogen (secondary N) is 2. The van der Waals surface area contributed by atoms with Crippen LogP contribution in [0.2, 0.25) is 0 Å². The van der Waals surface area contributed by atoms with Crippen LogP contribution in [-0.4, -0.2) is 24.4 Å². The van der Waals surface area contributed by atoms with Gasteiger partial charge in [0.25, 0.3) is 0 Å². The Balaban J connectivity index is 1.36. The Morgan fingerprint density at radius 1 is 1.33 bits per heavy atom. The number of halogens is 1. The first-order chi connectivity index (χ1) is 13.1. The van der Waals surface area contributed by atoms with E-state index >= 15 is 0 Å². The lowest BCUT2D eigenvalue weighted by atomic mass is 10.1. The zero-order chi connectivity index (χ0) is 18.8. The Morgan fingerprint density at radius 3 is 3.11 bits per heavy atom. The molecule has 0 fully saturated rings. The first-order valence-electron chi connectivity index (χ1n) is 8.52. The molecule has 0 spiro atoms. The summed E-state index contributed by atoms with van der Waals surface area (Å²) in [6.45, 7) is 2.78. The molecule has 1 aliphatic heterocycles. The number of ether oxygens (including phenoxy) is 2. The number of amides is 2. The molecule has 4 rings (SSSR count). The normalized spacial score (nSPS) is 13.1. The minimum Gasteiger partial charge on any atom is -0.467 e. The standard InChI is InChI=1S/C19H18FN3O3S/c1-11-22-16-3-2-15(8-17(16)27-11)23-19(24)21-5-4-12-6-14(20)7-13-9-25-10-26-18(12)13/h2-3,6-8H,4-5,9-10H2,1H3,(H2,21,23,24). The number of nitrogens with zero attached hydrogens (tertiary/aromatic N) is 1. The number of benzene rings is 2. The van der Waals surface area contributed by atoms with E-state index < -0.39 is 0 Å². The predicted molar refractivity (Wildman–Crippen MR) is 102 cm³/mol. The Hall–Kier alpha value is -2.71. The number of carbonyl (C=O) groups excluding carboxylic acids is 1. The van der Waals surface area contributed by atoms with Gasteiger partial charge in [0.05, 0.1) is 21.8 Å². The quantitative estimate of drug-likeness (QED) is 0.710. The lowest BCUT2D eigenvalue weighted by Gasteiger charge is -2.21. The van der Waals surface area contributed by atoms with Gasteiger partial charge < -0.3 is 20.1 Å². The summed E-state index contributed by atoms with van der Waals surface area (Å²) in [5, 5.41) is 6.58. The van der Waals surface area contributed by atoms with Gasteiger partial charge in [0, 0.05) is 17.8 Å². The smallest absolute Gasteiger partial charge is 0.319 e. The molecule has 0 unspecified atom stereocenters. The third kappa shape index (κ3) is 4.01. The molecule has 1 aliphatic rings. The van der Waals surface area contributed by atoms with Crippen molar-refractivity contribution in [2.75, 3.05) is 18.7 Å². The molecule has 0 aliphatic carbocycles. The molecule has 2 amide bonds. The summed E-state index contributed by atoms with van der Waals surface area (Å²) >= 11 is 1.58. The summed E-state index contributed by atoms with van der Waals surface area (Å²) in [7, 11) is 0. The highest BCUT2D eigenvalue weighted by molar-refractivity contribution is 7.18. The number of anilines is 1. The Labute approximate surface area is 159 Å². The highest BCUT2D eigenvalue weighted by Gasteiger charge is 2.17. The minimum absolute atomic E-state index is 0.152. The van der Waals surface area contributed by atoms with Crippen LogP contribution >= 0.6 is 11.3 Å². The van der Waals surface area contributed by atoms with E-state index in [0.29, 0.717) is 36.6 Å². The van der Waals surface area contributed by atoms with E-state index in [1.807, 2.05) is 25.1 Å². The maximum absolute atomic E-state index is 13.7. The lowest BCUT2D eigenvalue weighted by molar-refractivity contribution is -0.0172. The van der Waals surface area contributed by atoms with E-state index in [0.717, 1.165) is 20.8 Å². The second-order valence-corrected chi connectivity index (χ2v) is 7.44. The maximum Gasteiger partial charge on any atom is 0.319 e. The topological polar surface area (TPSA) is 72.5 Å². The number of hydrogen-bond donors (Lipinski definition) is 2. The molecule has 1 aromatic heterocycles. The number of urea groups is 1. The molecule has 140 valence electrons. The summed E-state index contributed by atoms with van der Waals surface area (Å²) in [5.41, 5.74) is 3.03. The van der Waals surface area contributed by atoms with Crippen molar-refractivity contribution >= 4 is 33.3 Å². The van der Waals surface area contributed by atoms with Crippen molar-refractivity contribution in [3.8, 4) is 5.75 Å². The lowest BCUT2D eigenvalue weighted by Crippen LogP contribution is -2.30. The minimum atomic E-state index is -0.338. The Morgan fingerprint density at radius 2 is 2.22 bits per heavy atom. The van der Waals surface area contributed by atoms with Gasteiger partial charge in [-0.3, -0.25) is 0 Å². The molecular formula is C19H18FN3O3S. The fraction of sp³-hybridized carbons (Fsp3) is 0.263. The number of hydrogen-bond acceptors (Lipinski definition) is 5. The molecule has 3 aromatic rings. The van der Waals surface area contributed by atoms with Gasteiger partial charge in [0.2, 0.25) is 0 Å². The number of rotatable bonds is 4. The van der Waals surface area contributed by atoms with Gasteiger partial charge in [0.15, 0.2) is 6.79 Å². The SMILES string of the molecule is Cc1nc2ccc(NC(=O)NCCc3cc(F)cc4c3OCOC4)cc2s1. The molecule has 0 atom stereocenters. The first kappa shape index (κ1) is 17.7. The number of fused-ring (bicyclic) bond motifs is 2. The van der Waals surface area contributed by atoms with Gasteiger partial charge >= 0.3 is 6.03 Å². The molecule has 8 heteroatoms. The summed E-state index contributed by atoms with van der Waals surface area (Å²) < 4.78 is 25.4. The van der Waals surface area contributed by atoms with Crippen LogP contribution in [-0.2, 0) is 17.8 Å². The van der Waals surface area contributed by atoms with Crippen LogP contribution in [0.15, 0.2) is 30.3 Å². The van der Waals surface area contributed by atoms with Crippen molar-refractivity contribution in [3.63, 3.8) is 0 Å². The average molecular weight is 387 g/mol. The van der Waals surface area contributed by atoms with Crippen LogP contribution in [0.5, 0.6) is 5.75 Å². The molecule has 6 nitrogen and oxygen atoms in total. The van der Waals surface area contributed by atoms with Crippen molar-refractivity contribution in [3.05, 3.63) is 52.3 Å². The van der Waals surface area contributed by atoms with Gasteiger partial charge in [-0.05, 0) is 49.2 Å². The van der Waals surface area contributed by atoms with Crippen LogP contribution in [0.25, 0.3) is 10.2 Å². The monoisotopic (exact) mass is 387 g/mol. The zero-order valence-corrected chi connectivity index (χ0v) is 15.5. The van der Waals surface area contributed by atoms with Crippen LogP contribution in [0, 0.1) is 12.7 Å². The fourth-order valence-corrected chi connectivity index (χ4v) is 3.91. The van der Waals surface area contributed by atoms with Gasteiger partial charge in [0.1, 0.15) is 11.6 Å². The van der Waals surface area contributed by atoms with E-state index in [2.05, 4.69) is 15.6 Å². The summed E-state index contributed by atoms with van der Waals surface area (Å²) in [6, 6.07) is 8.13. The van der Waals surface area contributed by atoms with Crippen LogP contribution in [0.1, 0.15) is 16.1 Å². The van der Waals surface area contributed by atoms with Crippen LogP contribution < -0.4 is 15.4 Å². The highest BCUT2D eigenvalue weighted by Crippen LogP contribution is 2.29. The van der Waals surface area contributed by atoms with Crippen molar-refractivity contribution in [2.45, 2.75) is 20.0 Å². The van der Waals surface area contributed by atoms with E-state index in [9.17, 15) is 9.18 Å². The number of aromatic nitrogens is 1. The van der Waals surface area contributed by atoms with Crippen molar-refractivity contribution < 1.29 is 18.7 Å². The summed E-state index contributed by atoms with van der Waals surface area (Å²) in [6.07, 6.45) is 0.459. The third-order valence-corrected chi connectivity index (χ3v) is 5.12. The van der Waals surface area contributed by atoms with Gasteiger partial charge in [-0.1, -0.05) is 0 Å². The first-order valence-corrected chi connectivity index (χ1v) is 9.34. The third-order valence-electron chi connectivity index (χ3n) is 4.18. The predicted octanol–water partition coefficient (Wildman–Crippen LogP) is 3.97. The van der Waals surface area contributed by atoms with E-state index in [1.165, 1.54) is 12.1 Å². The molecule has 0 radical (unpaired) electrons. The average Bonchev–Trinajstić information content (AvgIpc) is 3.00. The molecule has 0 saturated heterocycles. The molecule has 27 heavy (non-hydrogen) atoms. The van der Waals surface area contributed by atoms with E-state index in [1.54, 1.807) is 11.3 Å². The second-order valence-electron chi connectivity index (χ2n) is 6.21. The number of aryl methyl sites for hydroxylation is 1. The van der Waals surface area contributed by atoms with Gasteiger partial charge in [-0.15, -0.1) is 11.3 Å². The number of thiazole rings is 1. The fourth-order valence-electron chi connectivity index (χ4n) is 3.05. The van der Waals surface area contributed by atoms with E-state index in [-0.39, 0.29) is 18.6 Å². The summed E-state index contributed by atoms with van der Waals surface area (Å²) in [5.74, 6) is 0.311. The Bertz CT molecular complexity index is 1010. The molecule has 0 bridgehead atoms. The second kappa shape index (κ2) is 7.50. The Kier molecular flexibility index (Phi) is 4.91. The van der Waals surface area contributed by atoms with Gasteiger partial charge in [-0.25, -0.2) is 14.2 Å². The van der Waals surface area contributed by atoms with Crippen molar-refractivity contribution in [1.82, 2.24) is 10.3 Å². The van der Waals surface area contributed by atoms with Crippen LogP contribution in [0.4, 0.5) is 14.9 Å². The molecule has 2 aromatic carbocycles. The van der Waals surface area contributed by atoms with Crippen molar-refractivity contribution in [1.29, 1.82) is 0 Å².